The van der Waals surface area contributed by atoms with Crippen LogP contribution in [-0.4, -0.2) is 11.7 Å². The molecule has 1 aromatic heterocycles. The Hall–Kier alpha value is -2.75. The Bertz CT molecular complexity index is 1430. The van der Waals surface area contributed by atoms with Gasteiger partial charge in [0.25, 0.3) is 6.71 Å². The minimum Gasteiger partial charge on any atom is -0.458 e. The highest BCUT2D eigenvalue weighted by Gasteiger charge is 2.46. The van der Waals surface area contributed by atoms with Crippen molar-refractivity contribution in [2.75, 3.05) is 0 Å². The lowest BCUT2D eigenvalue weighted by Crippen LogP contribution is -2.58. The van der Waals surface area contributed by atoms with E-state index in [2.05, 4.69) is 85.7 Å². The first-order valence-electron chi connectivity index (χ1n) is 14.4. The number of ether oxygens (including phenoxy) is 2. The van der Waals surface area contributed by atoms with Gasteiger partial charge in [-0.05, 0) is 99.6 Å². The first-order chi connectivity index (χ1) is 17.7. The fraction of sp³-hybridized carbons (Fsp3) is 0.500. The molecule has 0 bridgehead atoms. The maximum atomic E-state index is 6.71. The highest BCUT2D eigenvalue weighted by molar-refractivity contribution is 6.98. The van der Waals surface area contributed by atoms with E-state index in [-0.39, 0.29) is 28.4 Å². The number of rotatable bonds is 0. The molecule has 196 valence electrons. The van der Waals surface area contributed by atoms with Gasteiger partial charge in [-0.1, -0.05) is 67.5 Å². The van der Waals surface area contributed by atoms with Gasteiger partial charge in [0.05, 0.1) is 0 Å². The molecule has 0 unspecified atom stereocenters. The van der Waals surface area contributed by atoms with Crippen molar-refractivity contribution in [1.82, 2.24) is 4.98 Å². The largest absolute Gasteiger partial charge is 0.458 e. The SMILES string of the molecule is Cc1cc2c3c(n1)Oc1cc4c(cc1B3c1cc3c(cc1O2)C(C)(C)CCC3(C)C)C(C)(C)CCC4(C)C. The number of aromatic nitrogens is 1. The smallest absolute Gasteiger partial charge is 0.262 e. The molecule has 0 saturated heterocycles. The Morgan fingerprint density at radius 1 is 0.579 bits per heavy atom. The predicted octanol–water partition coefficient (Wildman–Crippen LogP) is 6.82. The van der Waals surface area contributed by atoms with Gasteiger partial charge in [0.15, 0.2) is 0 Å². The molecule has 2 aliphatic heterocycles. The van der Waals surface area contributed by atoms with Crippen molar-refractivity contribution in [3.63, 3.8) is 0 Å². The minimum atomic E-state index is 0.0536. The summed E-state index contributed by atoms with van der Waals surface area (Å²) in [5, 5.41) is 0. The third kappa shape index (κ3) is 3.25. The van der Waals surface area contributed by atoms with Crippen LogP contribution in [0, 0.1) is 6.92 Å². The molecule has 2 aromatic carbocycles. The Labute approximate surface area is 228 Å². The van der Waals surface area contributed by atoms with Gasteiger partial charge in [0, 0.05) is 17.2 Å². The molecule has 2 aliphatic carbocycles. The molecule has 0 radical (unpaired) electrons. The van der Waals surface area contributed by atoms with E-state index in [9.17, 15) is 0 Å². The number of hydrogen-bond acceptors (Lipinski definition) is 3. The van der Waals surface area contributed by atoms with Gasteiger partial charge in [0.1, 0.15) is 17.2 Å². The van der Waals surface area contributed by atoms with Crippen LogP contribution in [0.4, 0.5) is 0 Å². The molecule has 3 aromatic rings. The number of aryl methyl sites for hydroxylation is 1. The summed E-state index contributed by atoms with van der Waals surface area (Å²) in [6, 6.07) is 11.8. The lowest BCUT2D eigenvalue weighted by atomic mass is 9.34. The molecule has 0 fully saturated rings. The van der Waals surface area contributed by atoms with Crippen molar-refractivity contribution in [3.8, 4) is 23.1 Å². The zero-order chi connectivity index (χ0) is 27.0. The van der Waals surface area contributed by atoms with Crippen LogP contribution in [0.25, 0.3) is 0 Å². The molecular formula is C34H40BNO2. The standard InChI is InChI=1S/C34H40BNO2/c1-19-14-28-29-30(36-19)38-27-18-23-21(32(4,5)11-13-34(23,8)9)16-25(27)35(29)24-15-20-22(17-26(24)37-28)33(6,7)12-10-31(20,2)3/h14-18H,10-13H2,1-9H3. The molecule has 38 heavy (non-hydrogen) atoms. The van der Waals surface area contributed by atoms with Crippen LogP contribution < -0.4 is 25.9 Å². The predicted molar refractivity (Wildman–Crippen MR) is 157 cm³/mol. The van der Waals surface area contributed by atoms with Crippen LogP contribution in [0.3, 0.4) is 0 Å². The third-order valence-electron chi connectivity index (χ3n) is 10.4. The summed E-state index contributed by atoms with van der Waals surface area (Å²) in [5.74, 6) is 3.55. The van der Waals surface area contributed by atoms with Crippen LogP contribution >= 0.6 is 0 Å². The van der Waals surface area contributed by atoms with Crippen molar-refractivity contribution in [1.29, 1.82) is 0 Å². The van der Waals surface area contributed by atoms with E-state index in [1.54, 1.807) is 0 Å². The van der Waals surface area contributed by atoms with E-state index >= 15 is 0 Å². The van der Waals surface area contributed by atoms with Crippen LogP contribution in [0.1, 0.15) is 109 Å². The fourth-order valence-corrected chi connectivity index (χ4v) is 7.60. The molecule has 3 heterocycles. The van der Waals surface area contributed by atoms with Crippen LogP contribution in [0.5, 0.6) is 23.1 Å². The number of nitrogens with zero attached hydrogens (tertiary/aromatic N) is 1. The monoisotopic (exact) mass is 505 g/mol. The van der Waals surface area contributed by atoms with E-state index in [1.165, 1.54) is 58.9 Å². The Balaban J connectivity index is 1.53. The van der Waals surface area contributed by atoms with Crippen LogP contribution in [0.15, 0.2) is 30.3 Å². The van der Waals surface area contributed by atoms with Crippen molar-refractivity contribution >= 4 is 23.1 Å². The summed E-state index contributed by atoms with van der Waals surface area (Å²) in [5.41, 5.74) is 10.8. The highest BCUT2D eigenvalue weighted by atomic mass is 16.5. The molecule has 3 nitrogen and oxygen atoms in total. The Morgan fingerprint density at radius 3 is 1.47 bits per heavy atom. The van der Waals surface area contributed by atoms with E-state index in [0.29, 0.717) is 5.88 Å². The molecule has 0 atom stereocenters. The Morgan fingerprint density at radius 2 is 1.00 bits per heavy atom. The average Bonchev–Trinajstić information content (AvgIpc) is 2.83. The van der Waals surface area contributed by atoms with Gasteiger partial charge in [0.2, 0.25) is 5.88 Å². The fourth-order valence-electron chi connectivity index (χ4n) is 7.60. The van der Waals surface area contributed by atoms with Crippen molar-refractivity contribution in [2.45, 2.75) is 110 Å². The number of benzene rings is 2. The molecule has 4 aliphatic rings. The third-order valence-corrected chi connectivity index (χ3v) is 10.4. The molecule has 4 heteroatoms. The molecule has 7 rings (SSSR count). The normalized spacial score (nSPS) is 22.1. The molecular weight excluding hydrogens is 465 g/mol. The van der Waals surface area contributed by atoms with Crippen LogP contribution in [-0.2, 0) is 21.7 Å². The zero-order valence-corrected chi connectivity index (χ0v) is 24.6. The second-order valence-electron chi connectivity index (χ2n) is 15.0. The second kappa shape index (κ2) is 7.26. The van der Waals surface area contributed by atoms with Gasteiger partial charge < -0.3 is 9.47 Å². The summed E-state index contributed by atoms with van der Waals surface area (Å²) < 4.78 is 13.4. The molecule has 0 spiro atoms. The summed E-state index contributed by atoms with van der Waals surface area (Å²) in [4.78, 5) is 4.89. The van der Waals surface area contributed by atoms with E-state index < -0.39 is 0 Å². The molecule has 0 amide bonds. The first kappa shape index (κ1) is 24.3. The second-order valence-corrected chi connectivity index (χ2v) is 15.0. The van der Waals surface area contributed by atoms with Crippen molar-refractivity contribution in [3.05, 3.63) is 58.3 Å². The van der Waals surface area contributed by atoms with E-state index in [4.69, 9.17) is 14.5 Å². The number of fused-ring (bicyclic) bond motifs is 6. The quantitative estimate of drug-likeness (QED) is 0.217. The summed E-state index contributed by atoms with van der Waals surface area (Å²) in [6.45, 7) is 21.2. The van der Waals surface area contributed by atoms with Crippen molar-refractivity contribution in [2.24, 2.45) is 0 Å². The topological polar surface area (TPSA) is 31.4 Å². The van der Waals surface area contributed by atoms with E-state index in [1.807, 2.05) is 6.92 Å². The number of hydrogen-bond donors (Lipinski definition) is 0. The van der Waals surface area contributed by atoms with Crippen molar-refractivity contribution < 1.29 is 9.47 Å². The maximum Gasteiger partial charge on any atom is 0.262 e. The summed E-state index contributed by atoms with van der Waals surface area (Å²) in [6.07, 6.45) is 4.75. The van der Waals surface area contributed by atoms with Gasteiger partial charge in [-0.25, -0.2) is 4.98 Å². The van der Waals surface area contributed by atoms with Gasteiger partial charge >= 0.3 is 0 Å². The molecule has 0 N–H and O–H groups in total. The van der Waals surface area contributed by atoms with Gasteiger partial charge in [-0.2, -0.15) is 0 Å². The lowest BCUT2D eigenvalue weighted by molar-refractivity contribution is 0.330. The molecule has 0 saturated carbocycles. The van der Waals surface area contributed by atoms with Gasteiger partial charge in [-0.15, -0.1) is 0 Å². The van der Waals surface area contributed by atoms with Crippen LogP contribution in [0.2, 0.25) is 0 Å². The maximum absolute atomic E-state index is 6.71. The average molecular weight is 506 g/mol. The first-order valence-corrected chi connectivity index (χ1v) is 14.4. The highest BCUT2D eigenvalue weighted by Crippen LogP contribution is 2.49. The summed E-state index contributed by atoms with van der Waals surface area (Å²) >= 11 is 0. The lowest BCUT2D eigenvalue weighted by Gasteiger charge is -2.44. The number of pyridine rings is 1. The summed E-state index contributed by atoms with van der Waals surface area (Å²) in [7, 11) is 0. The minimum absolute atomic E-state index is 0.0536. The van der Waals surface area contributed by atoms with E-state index in [0.717, 1.165) is 28.4 Å². The zero-order valence-electron chi connectivity index (χ0n) is 24.6. The van der Waals surface area contributed by atoms with Gasteiger partial charge in [-0.3, -0.25) is 0 Å². The Kier molecular flexibility index (Phi) is 4.64.